The summed E-state index contributed by atoms with van der Waals surface area (Å²) >= 11 is 0. The second-order valence-corrected chi connectivity index (χ2v) is 4.80. The fraction of sp³-hybridized carbons (Fsp3) is 0.750. The highest BCUT2D eigenvalue weighted by Gasteiger charge is 2.23. The molecule has 1 aromatic rings. The second-order valence-electron chi connectivity index (χ2n) is 4.80. The Bertz CT molecular complexity index is 424. The van der Waals surface area contributed by atoms with E-state index in [9.17, 15) is 0 Å². The highest BCUT2D eigenvalue weighted by Crippen LogP contribution is 2.17. The number of nitrogens with zero attached hydrogens (tertiary/aromatic N) is 5. The van der Waals surface area contributed by atoms with Gasteiger partial charge in [-0.25, -0.2) is 9.97 Å². The summed E-state index contributed by atoms with van der Waals surface area (Å²) in [6, 6.07) is 0.300. The first-order valence-corrected chi connectivity index (χ1v) is 6.71. The lowest BCUT2D eigenvalue weighted by Gasteiger charge is -2.34. The van der Waals surface area contributed by atoms with Gasteiger partial charge in [-0.05, 0) is 6.92 Å². The molecule has 0 saturated carbocycles. The summed E-state index contributed by atoms with van der Waals surface area (Å²) in [5.74, 6) is 1.49. The third-order valence-corrected chi connectivity index (χ3v) is 3.46. The molecule has 1 unspecified atom stereocenters. The zero-order valence-electron chi connectivity index (χ0n) is 11.2. The van der Waals surface area contributed by atoms with Crippen LogP contribution >= 0.6 is 0 Å². The van der Waals surface area contributed by atoms with E-state index in [1.165, 1.54) is 0 Å². The zero-order valence-corrected chi connectivity index (χ0v) is 11.2. The summed E-state index contributed by atoms with van der Waals surface area (Å²) in [6.07, 6.45) is 1.59. The molecular formula is C12H19N5O2. The van der Waals surface area contributed by atoms with E-state index in [2.05, 4.69) is 31.7 Å². The fourth-order valence-electron chi connectivity index (χ4n) is 2.36. The van der Waals surface area contributed by atoms with Gasteiger partial charge in [-0.15, -0.1) is 0 Å². The van der Waals surface area contributed by atoms with Gasteiger partial charge < -0.3 is 19.3 Å². The maximum absolute atomic E-state index is 5.44. The molecule has 0 N–H and O–H groups in total. The molecule has 2 saturated heterocycles. The zero-order chi connectivity index (χ0) is 13.1. The standard InChI is InChI=1S/C12H19N5O2/c1-10-8-19-7-4-17(10)12-14-9-13-11(15-12)16-2-5-18-6-3-16/h9-10H,2-8H2,1H3. The van der Waals surface area contributed by atoms with Gasteiger partial charge in [-0.1, -0.05) is 0 Å². The van der Waals surface area contributed by atoms with Gasteiger partial charge in [0.05, 0.1) is 32.5 Å². The van der Waals surface area contributed by atoms with Crippen LogP contribution in [-0.2, 0) is 9.47 Å². The Morgan fingerprint density at radius 1 is 1.05 bits per heavy atom. The molecular weight excluding hydrogens is 246 g/mol. The molecule has 2 fully saturated rings. The maximum Gasteiger partial charge on any atom is 0.230 e. The van der Waals surface area contributed by atoms with Crippen molar-refractivity contribution in [1.82, 2.24) is 15.0 Å². The largest absolute Gasteiger partial charge is 0.378 e. The minimum absolute atomic E-state index is 0.300. The molecule has 3 rings (SSSR count). The van der Waals surface area contributed by atoms with E-state index in [0.717, 1.165) is 58.0 Å². The third kappa shape index (κ3) is 2.76. The van der Waals surface area contributed by atoms with E-state index in [0.29, 0.717) is 6.04 Å². The molecule has 0 spiro atoms. The molecule has 2 aliphatic heterocycles. The third-order valence-electron chi connectivity index (χ3n) is 3.46. The highest BCUT2D eigenvalue weighted by molar-refractivity contribution is 5.39. The van der Waals surface area contributed by atoms with Crippen LogP contribution in [0.3, 0.4) is 0 Å². The summed E-state index contributed by atoms with van der Waals surface area (Å²) < 4.78 is 10.8. The predicted molar refractivity (Wildman–Crippen MR) is 70.5 cm³/mol. The number of hydrogen-bond donors (Lipinski definition) is 0. The van der Waals surface area contributed by atoms with Crippen molar-refractivity contribution in [2.24, 2.45) is 0 Å². The van der Waals surface area contributed by atoms with Crippen LogP contribution in [0.2, 0.25) is 0 Å². The number of hydrogen-bond acceptors (Lipinski definition) is 7. The van der Waals surface area contributed by atoms with Gasteiger partial charge in [0.25, 0.3) is 0 Å². The summed E-state index contributed by atoms with van der Waals surface area (Å²) in [4.78, 5) is 17.5. The Kier molecular flexibility index (Phi) is 3.74. The average molecular weight is 265 g/mol. The van der Waals surface area contributed by atoms with Crippen LogP contribution in [0.4, 0.5) is 11.9 Å². The van der Waals surface area contributed by atoms with E-state index in [4.69, 9.17) is 9.47 Å². The smallest absolute Gasteiger partial charge is 0.230 e. The van der Waals surface area contributed by atoms with Gasteiger partial charge >= 0.3 is 0 Å². The second kappa shape index (κ2) is 5.66. The Labute approximate surface area is 112 Å². The van der Waals surface area contributed by atoms with Crippen molar-refractivity contribution in [3.63, 3.8) is 0 Å². The minimum Gasteiger partial charge on any atom is -0.378 e. The molecule has 7 nitrogen and oxygen atoms in total. The van der Waals surface area contributed by atoms with Crippen molar-refractivity contribution in [3.8, 4) is 0 Å². The molecule has 3 heterocycles. The Hall–Kier alpha value is -1.47. The monoisotopic (exact) mass is 265 g/mol. The van der Waals surface area contributed by atoms with Crippen LogP contribution < -0.4 is 9.80 Å². The predicted octanol–water partition coefficient (Wildman–Crippen LogP) is -0.0667. The van der Waals surface area contributed by atoms with Crippen LogP contribution in [0, 0.1) is 0 Å². The van der Waals surface area contributed by atoms with Gasteiger partial charge in [0.1, 0.15) is 6.33 Å². The lowest BCUT2D eigenvalue weighted by molar-refractivity contribution is 0.0980. The molecule has 0 aliphatic carbocycles. The van der Waals surface area contributed by atoms with Crippen LogP contribution in [0.25, 0.3) is 0 Å². The van der Waals surface area contributed by atoms with Crippen LogP contribution in [0.15, 0.2) is 6.33 Å². The topological polar surface area (TPSA) is 63.6 Å². The van der Waals surface area contributed by atoms with Crippen molar-refractivity contribution in [1.29, 1.82) is 0 Å². The van der Waals surface area contributed by atoms with Gasteiger partial charge in [-0.3, -0.25) is 0 Å². The summed E-state index contributed by atoms with van der Waals surface area (Å²) in [7, 11) is 0. The molecule has 2 aliphatic rings. The van der Waals surface area contributed by atoms with Crippen LogP contribution in [-0.4, -0.2) is 67.1 Å². The van der Waals surface area contributed by atoms with Crippen molar-refractivity contribution >= 4 is 11.9 Å². The van der Waals surface area contributed by atoms with Gasteiger partial charge in [0, 0.05) is 19.6 Å². The Morgan fingerprint density at radius 2 is 1.79 bits per heavy atom. The van der Waals surface area contributed by atoms with E-state index < -0.39 is 0 Å². The first kappa shape index (κ1) is 12.6. The highest BCUT2D eigenvalue weighted by atomic mass is 16.5. The lowest BCUT2D eigenvalue weighted by Crippen LogP contribution is -2.45. The molecule has 0 radical (unpaired) electrons. The minimum atomic E-state index is 0.300. The maximum atomic E-state index is 5.44. The van der Waals surface area contributed by atoms with Crippen molar-refractivity contribution in [2.45, 2.75) is 13.0 Å². The number of rotatable bonds is 2. The quantitative estimate of drug-likeness (QED) is 0.742. The molecule has 104 valence electrons. The van der Waals surface area contributed by atoms with Crippen molar-refractivity contribution in [3.05, 3.63) is 6.33 Å². The van der Waals surface area contributed by atoms with E-state index >= 15 is 0 Å². The van der Waals surface area contributed by atoms with E-state index in [1.54, 1.807) is 6.33 Å². The summed E-state index contributed by atoms with van der Waals surface area (Å²) in [5.41, 5.74) is 0. The number of ether oxygens (including phenoxy) is 2. The van der Waals surface area contributed by atoms with E-state index in [-0.39, 0.29) is 0 Å². The molecule has 0 bridgehead atoms. The lowest BCUT2D eigenvalue weighted by atomic mass is 10.3. The number of aromatic nitrogens is 3. The van der Waals surface area contributed by atoms with Gasteiger partial charge in [0.2, 0.25) is 11.9 Å². The molecule has 1 atom stereocenters. The molecule has 7 heteroatoms. The van der Waals surface area contributed by atoms with Crippen LogP contribution in [0.1, 0.15) is 6.92 Å². The number of morpholine rings is 2. The van der Waals surface area contributed by atoms with Crippen molar-refractivity contribution in [2.75, 3.05) is 55.9 Å². The van der Waals surface area contributed by atoms with Gasteiger partial charge in [-0.2, -0.15) is 4.98 Å². The van der Waals surface area contributed by atoms with Gasteiger partial charge in [0.15, 0.2) is 0 Å². The Morgan fingerprint density at radius 3 is 2.58 bits per heavy atom. The first-order chi connectivity index (χ1) is 9.34. The molecule has 1 aromatic heterocycles. The number of anilines is 2. The summed E-state index contributed by atoms with van der Waals surface area (Å²) in [6.45, 7) is 7.53. The van der Waals surface area contributed by atoms with Crippen molar-refractivity contribution < 1.29 is 9.47 Å². The average Bonchev–Trinajstić information content (AvgIpc) is 2.49. The first-order valence-electron chi connectivity index (χ1n) is 6.71. The molecule has 0 aromatic carbocycles. The van der Waals surface area contributed by atoms with Crippen LogP contribution in [0.5, 0.6) is 0 Å². The molecule has 0 amide bonds. The van der Waals surface area contributed by atoms with E-state index in [1.807, 2.05) is 0 Å². The molecule has 19 heavy (non-hydrogen) atoms. The Balaban J connectivity index is 1.78. The summed E-state index contributed by atoms with van der Waals surface area (Å²) in [5, 5.41) is 0. The normalized spacial score (nSPS) is 24.6. The SMILES string of the molecule is CC1COCCN1c1ncnc(N2CCOCC2)n1. The fourth-order valence-corrected chi connectivity index (χ4v) is 2.36.